The van der Waals surface area contributed by atoms with Crippen LogP contribution in [-0.4, -0.2) is 17.4 Å². The summed E-state index contributed by atoms with van der Waals surface area (Å²) in [5.74, 6) is 0. The Kier molecular flexibility index (Phi) is 3.21. The van der Waals surface area contributed by atoms with Gasteiger partial charge in [0.25, 0.3) is 10.0 Å². The summed E-state index contributed by atoms with van der Waals surface area (Å²) in [7, 11) is -4.00. The Bertz CT molecular complexity index is 932. The molecule has 0 radical (unpaired) electrons. The lowest BCUT2D eigenvalue weighted by atomic mass is 10.3. The topological polar surface area (TPSA) is 52.0 Å². The average molecular weight is 326 g/mol. The van der Waals surface area contributed by atoms with Crippen LogP contribution in [0.3, 0.4) is 0 Å². The molecule has 1 aromatic carbocycles. The van der Waals surface area contributed by atoms with Crippen molar-refractivity contribution in [2.24, 2.45) is 0 Å². The molecule has 3 aromatic rings. The van der Waals surface area contributed by atoms with Crippen molar-refractivity contribution in [2.75, 3.05) is 0 Å². The number of alkyl halides is 3. The normalized spacial score (nSPS) is 12.7. The lowest BCUT2D eigenvalue weighted by Crippen LogP contribution is -2.14. The summed E-state index contributed by atoms with van der Waals surface area (Å²) in [6.45, 7) is 0. The second kappa shape index (κ2) is 4.84. The minimum atomic E-state index is -4.64. The van der Waals surface area contributed by atoms with Crippen molar-refractivity contribution < 1.29 is 21.6 Å². The van der Waals surface area contributed by atoms with E-state index in [0.717, 1.165) is 10.0 Å². The van der Waals surface area contributed by atoms with Crippen LogP contribution in [0.15, 0.2) is 59.6 Å². The molecule has 0 amide bonds. The first kappa shape index (κ1) is 14.6. The van der Waals surface area contributed by atoms with E-state index in [2.05, 4.69) is 4.98 Å². The maximum absolute atomic E-state index is 12.8. The summed E-state index contributed by atoms with van der Waals surface area (Å²) in [5, 5.41) is 0.313. The van der Waals surface area contributed by atoms with Gasteiger partial charge in [-0.3, -0.25) is 0 Å². The maximum Gasteiger partial charge on any atom is 0.433 e. The predicted octanol–water partition coefficient (Wildman–Crippen LogP) is 3.29. The lowest BCUT2D eigenvalue weighted by Gasteiger charge is -2.09. The van der Waals surface area contributed by atoms with E-state index in [-0.39, 0.29) is 10.5 Å². The lowest BCUT2D eigenvalue weighted by molar-refractivity contribution is -0.141. The molecule has 0 N–H and O–H groups in total. The molecule has 8 heteroatoms. The molecule has 2 aromatic heterocycles. The van der Waals surface area contributed by atoms with Gasteiger partial charge in [-0.1, -0.05) is 18.2 Å². The molecule has 0 unspecified atom stereocenters. The largest absolute Gasteiger partial charge is 0.433 e. The number of rotatable bonds is 2. The highest BCUT2D eigenvalue weighted by Crippen LogP contribution is 2.30. The standard InChI is InChI=1S/C14H9F3N2O2S/c15-14(16,17)12-7-6-10-8-9-19(13(10)18-12)22(20,21)11-4-2-1-3-5-11/h1-9H. The van der Waals surface area contributed by atoms with E-state index in [1.165, 1.54) is 42.6 Å². The van der Waals surface area contributed by atoms with Crippen LogP contribution in [0.4, 0.5) is 13.2 Å². The van der Waals surface area contributed by atoms with Gasteiger partial charge < -0.3 is 0 Å². The Labute approximate surface area is 123 Å². The van der Waals surface area contributed by atoms with Crippen LogP contribution in [0.1, 0.15) is 5.69 Å². The third-order valence-corrected chi connectivity index (χ3v) is 4.77. The molecular weight excluding hydrogens is 317 g/mol. The van der Waals surface area contributed by atoms with Crippen LogP contribution >= 0.6 is 0 Å². The summed E-state index contributed by atoms with van der Waals surface area (Å²) in [6.07, 6.45) is -3.44. The molecule has 0 aliphatic carbocycles. The minimum Gasteiger partial charge on any atom is -0.224 e. The SMILES string of the molecule is O=S(=O)(c1ccccc1)n1ccc2ccc(C(F)(F)F)nc21. The molecular formula is C14H9F3N2O2S. The highest BCUT2D eigenvalue weighted by molar-refractivity contribution is 7.90. The molecule has 4 nitrogen and oxygen atoms in total. The molecule has 0 atom stereocenters. The average Bonchev–Trinajstić information content (AvgIpc) is 2.91. The second-order valence-electron chi connectivity index (χ2n) is 4.54. The zero-order valence-electron chi connectivity index (χ0n) is 10.9. The summed E-state index contributed by atoms with van der Waals surface area (Å²) in [6, 6.07) is 10.9. The summed E-state index contributed by atoms with van der Waals surface area (Å²) in [4.78, 5) is 3.44. The number of benzene rings is 1. The van der Waals surface area contributed by atoms with Gasteiger partial charge in [0.1, 0.15) is 5.69 Å². The Hall–Kier alpha value is -2.35. The maximum atomic E-state index is 12.8. The first-order valence-electron chi connectivity index (χ1n) is 6.16. The molecule has 0 fully saturated rings. The van der Waals surface area contributed by atoms with Crippen LogP contribution < -0.4 is 0 Å². The van der Waals surface area contributed by atoms with E-state index in [1.807, 2.05) is 0 Å². The quantitative estimate of drug-likeness (QED) is 0.726. The summed E-state index contributed by atoms with van der Waals surface area (Å²) >= 11 is 0. The van der Waals surface area contributed by atoms with Crippen molar-refractivity contribution in [3.8, 4) is 0 Å². The number of hydrogen-bond acceptors (Lipinski definition) is 3. The van der Waals surface area contributed by atoms with Crippen LogP contribution in [0.2, 0.25) is 0 Å². The van der Waals surface area contributed by atoms with E-state index in [4.69, 9.17) is 0 Å². The molecule has 114 valence electrons. The van der Waals surface area contributed by atoms with Crippen molar-refractivity contribution in [2.45, 2.75) is 11.1 Å². The molecule has 22 heavy (non-hydrogen) atoms. The molecule has 2 heterocycles. The fraction of sp³-hybridized carbons (Fsp3) is 0.0714. The van der Waals surface area contributed by atoms with Crippen molar-refractivity contribution >= 4 is 21.1 Å². The van der Waals surface area contributed by atoms with Gasteiger partial charge in [-0.2, -0.15) is 13.2 Å². The zero-order chi connectivity index (χ0) is 16.0. The molecule has 0 aliphatic heterocycles. The molecule has 0 aliphatic rings. The van der Waals surface area contributed by atoms with E-state index in [0.29, 0.717) is 5.39 Å². The van der Waals surface area contributed by atoms with E-state index in [9.17, 15) is 21.6 Å². The van der Waals surface area contributed by atoms with E-state index >= 15 is 0 Å². The van der Waals surface area contributed by atoms with Gasteiger partial charge in [-0.05, 0) is 30.3 Å². The highest BCUT2D eigenvalue weighted by atomic mass is 32.2. The van der Waals surface area contributed by atoms with Crippen molar-refractivity contribution in [1.29, 1.82) is 0 Å². The van der Waals surface area contributed by atoms with E-state index < -0.39 is 21.9 Å². The second-order valence-corrected chi connectivity index (χ2v) is 6.35. The molecule has 0 bridgehead atoms. The minimum absolute atomic E-state index is 0.0216. The van der Waals surface area contributed by atoms with Crippen molar-refractivity contribution in [3.63, 3.8) is 0 Å². The number of hydrogen-bond donors (Lipinski definition) is 0. The first-order chi connectivity index (χ1) is 10.3. The number of halogens is 3. The fourth-order valence-corrected chi connectivity index (χ4v) is 3.37. The van der Waals surface area contributed by atoms with Gasteiger partial charge in [0.15, 0.2) is 5.65 Å². The van der Waals surface area contributed by atoms with Crippen molar-refractivity contribution in [1.82, 2.24) is 8.96 Å². The summed E-state index contributed by atoms with van der Waals surface area (Å²) < 4.78 is 64.0. The third kappa shape index (κ3) is 2.35. The Morgan fingerprint density at radius 2 is 1.64 bits per heavy atom. The highest BCUT2D eigenvalue weighted by Gasteiger charge is 2.33. The summed E-state index contributed by atoms with van der Waals surface area (Å²) in [5.41, 5.74) is -1.39. The third-order valence-electron chi connectivity index (χ3n) is 3.09. The molecule has 3 rings (SSSR count). The Morgan fingerprint density at radius 3 is 2.27 bits per heavy atom. The first-order valence-corrected chi connectivity index (χ1v) is 7.60. The fourth-order valence-electron chi connectivity index (χ4n) is 2.04. The van der Waals surface area contributed by atoms with Gasteiger partial charge in [-0.15, -0.1) is 0 Å². The monoisotopic (exact) mass is 326 g/mol. The zero-order valence-corrected chi connectivity index (χ0v) is 11.8. The Balaban J connectivity index is 2.24. The smallest absolute Gasteiger partial charge is 0.224 e. The number of fused-ring (bicyclic) bond motifs is 1. The number of nitrogens with zero attached hydrogens (tertiary/aromatic N) is 2. The van der Waals surface area contributed by atoms with Gasteiger partial charge >= 0.3 is 6.18 Å². The number of pyridine rings is 1. The van der Waals surface area contributed by atoms with Crippen LogP contribution in [0.5, 0.6) is 0 Å². The van der Waals surface area contributed by atoms with Gasteiger partial charge in [-0.25, -0.2) is 17.4 Å². The van der Waals surface area contributed by atoms with Gasteiger partial charge in [0, 0.05) is 11.6 Å². The number of aromatic nitrogens is 2. The van der Waals surface area contributed by atoms with Crippen LogP contribution in [-0.2, 0) is 16.2 Å². The van der Waals surface area contributed by atoms with Crippen LogP contribution in [0, 0.1) is 0 Å². The predicted molar refractivity (Wildman–Crippen MR) is 73.8 cm³/mol. The molecule has 0 saturated carbocycles. The van der Waals surface area contributed by atoms with E-state index in [1.54, 1.807) is 6.07 Å². The van der Waals surface area contributed by atoms with Gasteiger partial charge in [0.05, 0.1) is 4.90 Å². The van der Waals surface area contributed by atoms with Crippen LogP contribution in [0.25, 0.3) is 11.0 Å². The van der Waals surface area contributed by atoms with Crippen molar-refractivity contribution in [3.05, 3.63) is 60.4 Å². The Morgan fingerprint density at radius 1 is 0.955 bits per heavy atom. The molecule has 0 spiro atoms. The molecule has 0 saturated heterocycles. The van der Waals surface area contributed by atoms with Gasteiger partial charge in [0.2, 0.25) is 0 Å².